The topological polar surface area (TPSA) is 78.8 Å². The number of rotatable bonds is 7. The van der Waals surface area contributed by atoms with E-state index >= 15 is 0 Å². The van der Waals surface area contributed by atoms with Gasteiger partial charge in [-0.2, -0.15) is 0 Å². The highest BCUT2D eigenvalue weighted by Gasteiger charge is 2.17. The second kappa shape index (κ2) is 7.25. The fourth-order valence-corrected chi connectivity index (χ4v) is 2.22. The molecule has 0 aliphatic heterocycles. The zero-order valence-electron chi connectivity index (χ0n) is 10.3. The zero-order valence-corrected chi connectivity index (χ0v) is 11.2. The lowest BCUT2D eigenvalue weighted by Gasteiger charge is -2.19. The third kappa shape index (κ3) is 3.63. The molecular formula is C12H17NO4S. The molecule has 0 amide bonds. The fourth-order valence-electron chi connectivity index (χ4n) is 1.60. The first-order valence-corrected chi connectivity index (χ1v) is 6.63. The molecule has 0 bridgehead atoms. The standard InChI is InChI=1S/C12H17NO4S/c1-17-7-8(6-14)13-9-4-3-5-10(18-2)11(9)12(15)16/h3-5,8,13-14H,6-7H2,1-2H3,(H,15,16). The largest absolute Gasteiger partial charge is 0.478 e. The van der Waals surface area contributed by atoms with Crippen molar-refractivity contribution < 1.29 is 19.7 Å². The van der Waals surface area contributed by atoms with Crippen molar-refractivity contribution in [2.75, 3.05) is 31.9 Å². The van der Waals surface area contributed by atoms with Crippen LogP contribution < -0.4 is 5.32 Å². The maximum atomic E-state index is 11.3. The molecule has 0 saturated heterocycles. The van der Waals surface area contributed by atoms with Crippen molar-refractivity contribution >= 4 is 23.4 Å². The average molecular weight is 271 g/mol. The van der Waals surface area contributed by atoms with Crippen molar-refractivity contribution in [2.45, 2.75) is 10.9 Å². The Morgan fingerprint density at radius 3 is 2.78 bits per heavy atom. The van der Waals surface area contributed by atoms with Gasteiger partial charge in [0.25, 0.3) is 0 Å². The van der Waals surface area contributed by atoms with Crippen LogP contribution in [-0.2, 0) is 4.74 Å². The molecule has 0 fully saturated rings. The number of benzene rings is 1. The summed E-state index contributed by atoms with van der Waals surface area (Å²) in [4.78, 5) is 12.0. The predicted octanol–water partition coefficient (Wildman–Crippen LogP) is 1.53. The predicted molar refractivity (Wildman–Crippen MR) is 71.6 cm³/mol. The maximum absolute atomic E-state index is 11.3. The number of hydrogen-bond acceptors (Lipinski definition) is 5. The minimum atomic E-state index is -0.989. The van der Waals surface area contributed by atoms with E-state index < -0.39 is 5.97 Å². The van der Waals surface area contributed by atoms with Crippen molar-refractivity contribution in [1.29, 1.82) is 0 Å². The molecule has 100 valence electrons. The van der Waals surface area contributed by atoms with E-state index in [1.54, 1.807) is 18.2 Å². The molecule has 0 radical (unpaired) electrons. The number of anilines is 1. The van der Waals surface area contributed by atoms with Gasteiger partial charge < -0.3 is 20.3 Å². The normalized spacial score (nSPS) is 12.2. The third-order valence-electron chi connectivity index (χ3n) is 2.41. The second-order valence-corrected chi connectivity index (χ2v) is 4.52. The Hall–Kier alpha value is -1.24. The van der Waals surface area contributed by atoms with Gasteiger partial charge in [-0.15, -0.1) is 11.8 Å². The van der Waals surface area contributed by atoms with Crippen molar-refractivity contribution in [3.8, 4) is 0 Å². The van der Waals surface area contributed by atoms with Crippen LogP contribution in [0.1, 0.15) is 10.4 Å². The Morgan fingerprint density at radius 2 is 2.28 bits per heavy atom. The fraction of sp³-hybridized carbons (Fsp3) is 0.417. The first-order chi connectivity index (χ1) is 8.63. The summed E-state index contributed by atoms with van der Waals surface area (Å²) in [6.45, 7) is 0.176. The van der Waals surface area contributed by atoms with Crippen LogP contribution in [0.5, 0.6) is 0 Å². The minimum Gasteiger partial charge on any atom is -0.478 e. The second-order valence-electron chi connectivity index (χ2n) is 3.67. The van der Waals surface area contributed by atoms with Gasteiger partial charge in [0.1, 0.15) is 0 Å². The molecule has 0 saturated carbocycles. The van der Waals surface area contributed by atoms with Gasteiger partial charge in [-0.1, -0.05) is 6.07 Å². The Kier molecular flexibility index (Phi) is 5.97. The summed E-state index contributed by atoms with van der Waals surface area (Å²) in [5.74, 6) is -0.989. The molecule has 0 aromatic heterocycles. The number of aromatic carboxylic acids is 1. The van der Waals surface area contributed by atoms with Gasteiger partial charge in [0.2, 0.25) is 0 Å². The molecule has 1 atom stereocenters. The number of ether oxygens (including phenoxy) is 1. The number of aliphatic hydroxyl groups excluding tert-OH is 1. The lowest BCUT2D eigenvalue weighted by atomic mass is 10.1. The molecule has 1 aromatic carbocycles. The summed E-state index contributed by atoms with van der Waals surface area (Å²) in [6.07, 6.45) is 1.82. The van der Waals surface area contributed by atoms with Gasteiger partial charge in [0, 0.05) is 12.0 Å². The van der Waals surface area contributed by atoms with E-state index in [0.717, 1.165) is 0 Å². The Bertz CT molecular complexity index is 411. The van der Waals surface area contributed by atoms with Crippen molar-refractivity contribution in [3.05, 3.63) is 23.8 Å². The maximum Gasteiger partial charge on any atom is 0.338 e. The highest BCUT2D eigenvalue weighted by molar-refractivity contribution is 7.98. The van der Waals surface area contributed by atoms with Crippen molar-refractivity contribution in [2.24, 2.45) is 0 Å². The van der Waals surface area contributed by atoms with Gasteiger partial charge >= 0.3 is 5.97 Å². The number of hydrogen-bond donors (Lipinski definition) is 3. The lowest BCUT2D eigenvalue weighted by Crippen LogP contribution is -2.29. The summed E-state index contributed by atoms with van der Waals surface area (Å²) in [5.41, 5.74) is 0.713. The number of carbonyl (C=O) groups is 1. The molecule has 18 heavy (non-hydrogen) atoms. The molecule has 6 heteroatoms. The number of carboxylic acids is 1. The van der Waals surface area contributed by atoms with E-state index in [1.165, 1.54) is 18.9 Å². The number of nitrogens with one attached hydrogen (secondary N) is 1. The summed E-state index contributed by atoms with van der Waals surface area (Å²) in [6, 6.07) is 4.89. The van der Waals surface area contributed by atoms with Crippen LogP contribution >= 0.6 is 11.8 Å². The first kappa shape index (κ1) is 14.8. The number of thioether (sulfide) groups is 1. The van der Waals surface area contributed by atoms with Crippen molar-refractivity contribution in [3.63, 3.8) is 0 Å². The molecule has 0 aliphatic rings. The van der Waals surface area contributed by atoms with Gasteiger partial charge in [-0.25, -0.2) is 4.79 Å². The van der Waals surface area contributed by atoms with E-state index in [4.69, 9.17) is 4.74 Å². The van der Waals surface area contributed by atoms with Crippen LogP contribution in [0.25, 0.3) is 0 Å². The van der Waals surface area contributed by atoms with Gasteiger partial charge in [0.05, 0.1) is 30.5 Å². The van der Waals surface area contributed by atoms with Gasteiger partial charge in [-0.3, -0.25) is 0 Å². The van der Waals surface area contributed by atoms with Crippen LogP contribution in [0.4, 0.5) is 5.69 Å². The van der Waals surface area contributed by atoms with Crippen LogP contribution in [0, 0.1) is 0 Å². The summed E-state index contributed by atoms with van der Waals surface area (Å²) in [7, 11) is 1.53. The number of carboxylic acid groups (broad SMARTS) is 1. The molecule has 0 heterocycles. The lowest BCUT2D eigenvalue weighted by molar-refractivity contribution is 0.0694. The summed E-state index contributed by atoms with van der Waals surface area (Å²) < 4.78 is 4.95. The van der Waals surface area contributed by atoms with Crippen LogP contribution in [-0.4, -0.2) is 48.8 Å². The van der Waals surface area contributed by atoms with E-state index in [9.17, 15) is 15.0 Å². The quantitative estimate of drug-likeness (QED) is 0.653. The van der Waals surface area contributed by atoms with E-state index in [-0.39, 0.29) is 18.2 Å². The first-order valence-electron chi connectivity index (χ1n) is 5.40. The van der Waals surface area contributed by atoms with Crippen LogP contribution in [0.3, 0.4) is 0 Å². The molecule has 0 spiro atoms. The Morgan fingerprint density at radius 1 is 1.56 bits per heavy atom. The van der Waals surface area contributed by atoms with E-state index in [0.29, 0.717) is 17.2 Å². The third-order valence-corrected chi connectivity index (χ3v) is 3.19. The van der Waals surface area contributed by atoms with E-state index in [1.807, 2.05) is 6.26 Å². The number of methoxy groups -OCH3 is 1. The van der Waals surface area contributed by atoms with Crippen LogP contribution in [0.2, 0.25) is 0 Å². The summed E-state index contributed by atoms with van der Waals surface area (Å²) >= 11 is 1.37. The molecule has 5 nitrogen and oxygen atoms in total. The molecule has 1 rings (SSSR count). The SMILES string of the molecule is COCC(CO)Nc1cccc(SC)c1C(=O)O. The Labute approximate surface area is 110 Å². The molecule has 0 aliphatic carbocycles. The van der Waals surface area contributed by atoms with Crippen molar-refractivity contribution in [1.82, 2.24) is 0 Å². The highest BCUT2D eigenvalue weighted by atomic mass is 32.2. The monoisotopic (exact) mass is 271 g/mol. The molecule has 3 N–H and O–H groups in total. The van der Waals surface area contributed by atoms with E-state index in [2.05, 4.69) is 5.32 Å². The molecule has 1 unspecified atom stereocenters. The zero-order chi connectivity index (χ0) is 13.5. The number of aliphatic hydroxyl groups is 1. The minimum absolute atomic E-state index is 0.129. The summed E-state index contributed by atoms with van der Waals surface area (Å²) in [5, 5.41) is 21.4. The van der Waals surface area contributed by atoms with Gasteiger partial charge in [0.15, 0.2) is 0 Å². The average Bonchev–Trinajstić information content (AvgIpc) is 2.37. The molecule has 1 aromatic rings. The van der Waals surface area contributed by atoms with Crippen LogP contribution in [0.15, 0.2) is 23.1 Å². The smallest absolute Gasteiger partial charge is 0.338 e. The Balaban J connectivity index is 3.03. The highest BCUT2D eigenvalue weighted by Crippen LogP contribution is 2.27. The van der Waals surface area contributed by atoms with Gasteiger partial charge in [-0.05, 0) is 18.4 Å². The molecular weight excluding hydrogens is 254 g/mol.